The first kappa shape index (κ1) is 31.1. The zero-order valence-corrected chi connectivity index (χ0v) is 23.9. The van der Waals surface area contributed by atoms with E-state index in [-0.39, 0.29) is 48.6 Å². The molecule has 0 aromatic carbocycles. The molecule has 2 aliphatic carbocycles. The Morgan fingerprint density at radius 1 is 1.22 bits per heavy atom. The molecule has 0 aromatic rings. The molecule has 0 bridgehead atoms. The monoisotopic (exact) mass is 519 g/mol. The van der Waals surface area contributed by atoms with Crippen LogP contribution in [-0.2, 0) is 23.9 Å². The highest BCUT2D eigenvalue weighted by Gasteiger charge is 2.43. The summed E-state index contributed by atoms with van der Waals surface area (Å²) in [6, 6.07) is 0. The van der Waals surface area contributed by atoms with Gasteiger partial charge in [0.1, 0.15) is 12.2 Å². The third-order valence-electron chi connectivity index (χ3n) is 7.98. The first-order valence-corrected chi connectivity index (χ1v) is 14.1. The number of aliphatic hydroxyl groups is 1. The molecule has 0 aromatic heterocycles. The van der Waals surface area contributed by atoms with Gasteiger partial charge in [0.25, 0.3) is 0 Å². The quantitative estimate of drug-likeness (QED) is 0.328. The molecule has 2 rings (SSSR count). The van der Waals surface area contributed by atoms with Crippen LogP contribution < -0.4 is 5.32 Å². The van der Waals surface area contributed by atoms with Gasteiger partial charge in [-0.05, 0) is 69.3 Å². The summed E-state index contributed by atoms with van der Waals surface area (Å²) in [7, 11) is 0. The number of carbonyl (C=O) groups excluding carboxylic acids is 3. The van der Waals surface area contributed by atoms with Crippen molar-refractivity contribution in [3.8, 4) is 0 Å². The van der Waals surface area contributed by atoms with Crippen molar-refractivity contribution in [1.82, 2.24) is 5.32 Å². The van der Waals surface area contributed by atoms with E-state index in [2.05, 4.69) is 37.4 Å². The molecule has 7 nitrogen and oxygen atoms in total. The van der Waals surface area contributed by atoms with E-state index < -0.39 is 23.6 Å². The maximum Gasteiger partial charge on any atom is 0.311 e. The van der Waals surface area contributed by atoms with Gasteiger partial charge in [-0.3, -0.25) is 14.4 Å². The average molecular weight is 520 g/mol. The molecule has 0 radical (unpaired) electrons. The lowest BCUT2D eigenvalue weighted by atomic mass is 9.65. The Morgan fingerprint density at radius 2 is 1.92 bits per heavy atom. The number of esters is 2. The first-order chi connectivity index (χ1) is 17.4. The predicted octanol–water partition coefficient (Wildman–Crippen LogP) is 5.12. The molecule has 37 heavy (non-hydrogen) atoms. The molecule has 7 atom stereocenters. The Hall–Kier alpha value is -2.15. The Labute approximate surface area is 223 Å². The maximum atomic E-state index is 13.0. The van der Waals surface area contributed by atoms with Gasteiger partial charge in [0, 0.05) is 25.8 Å². The SMILES string of the molecule is CCCNC(=O)CC(CC(O)CCC1C(C)C=CC2=CC(C)CC(OC(=O)C(C)(C)CC)C21)OC(C)=O. The Kier molecular flexibility index (Phi) is 11.9. The number of ether oxygens (including phenoxy) is 2. The Bertz CT molecular complexity index is 847. The number of fused-ring (bicyclic) bond motifs is 1. The van der Waals surface area contributed by atoms with Gasteiger partial charge in [-0.25, -0.2) is 0 Å². The fourth-order valence-corrected chi connectivity index (χ4v) is 5.42. The van der Waals surface area contributed by atoms with Crippen LogP contribution in [0.5, 0.6) is 0 Å². The van der Waals surface area contributed by atoms with E-state index in [1.165, 1.54) is 12.5 Å². The number of amides is 1. The summed E-state index contributed by atoms with van der Waals surface area (Å²) in [5, 5.41) is 13.7. The molecular weight excluding hydrogens is 470 g/mol. The normalized spacial score (nSPS) is 26.9. The van der Waals surface area contributed by atoms with Crippen LogP contribution in [-0.4, -0.2) is 47.8 Å². The second-order valence-corrected chi connectivity index (χ2v) is 11.7. The van der Waals surface area contributed by atoms with Crippen LogP contribution in [0.1, 0.15) is 93.4 Å². The minimum Gasteiger partial charge on any atom is -0.462 e. The van der Waals surface area contributed by atoms with Gasteiger partial charge in [0.15, 0.2) is 0 Å². The number of rotatable bonds is 13. The Morgan fingerprint density at radius 3 is 2.54 bits per heavy atom. The lowest BCUT2D eigenvalue weighted by molar-refractivity contribution is -0.165. The van der Waals surface area contributed by atoms with Crippen molar-refractivity contribution in [2.24, 2.45) is 29.1 Å². The molecule has 7 unspecified atom stereocenters. The van der Waals surface area contributed by atoms with E-state index in [0.717, 1.165) is 19.3 Å². The van der Waals surface area contributed by atoms with Crippen molar-refractivity contribution < 1.29 is 29.0 Å². The second kappa shape index (κ2) is 14.1. The maximum absolute atomic E-state index is 13.0. The molecule has 2 aliphatic rings. The van der Waals surface area contributed by atoms with Gasteiger partial charge in [-0.2, -0.15) is 0 Å². The van der Waals surface area contributed by atoms with Crippen LogP contribution in [0, 0.1) is 29.1 Å². The van der Waals surface area contributed by atoms with Gasteiger partial charge in [0.2, 0.25) is 5.91 Å². The zero-order valence-electron chi connectivity index (χ0n) is 23.9. The third kappa shape index (κ3) is 9.27. The van der Waals surface area contributed by atoms with Crippen molar-refractivity contribution in [2.45, 2.75) is 112 Å². The zero-order chi connectivity index (χ0) is 27.8. The third-order valence-corrected chi connectivity index (χ3v) is 7.98. The average Bonchev–Trinajstić information content (AvgIpc) is 2.81. The van der Waals surface area contributed by atoms with Crippen LogP contribution in [0.4, 0.5) is 0 Å². The van der Waals surface area contributed by atoms with E-state index in [1.54, 1.807) is 0 Å². The molecule has 0 spiro atoms. The molecular formula is C30H49NO6. The minimum atomic E-state index is -0.712. The van der Waals surface area contributed by atoms with Crippen LogP contribution in [0.2, 0.25) is 0 Å². The van der Waals surface area contributed by atoms with Crippen LogP contribution in [0.15, 0.2) is 23.8 Å². The van der Waals surface area contributed by atoms with Gasteiger partial charge in [0.05, 0.1) is 17.9 Å². The molecule has 210 valence electrons. The summed E-state index contributed by atoms with van der Waals surface area (Å²) in [6.45, 7) is 14.1. The molecule has 0 heterocycles. The minimum absolute atomic E-state index is 0.0395. The number of carbonyl (C=O) groups is 3. The van der Waals surface area contributed by atoms with Crippen LogP contribution in [0.3, 0.4) is 0 Å². The van der Waals surface area contributed by atoms with E-state index in [0.29, 0.717) is 25.3 Å². The fraction of sp³-hybridized carbons (Fsp3) is 0.767. The smallest absolute Gasteiger partial charge is 0.311 e. The highest BCUT2D eigenvalue weighted by atomic mass is 16.5. The summed E-state index contributed by atoms with van der Waals surface area (Å²) in [4.78, 5) is 36.8. The van der Waals surface area contributed by atoms with E-state index in [1.807, 2.05) is 27.7 Å². The fourth-order valence-electron chi connectivity index (χ4n) is 5.42. The van der Waals surface area contributed by atoms with Crippen molar-refractivity contribution in [1.29, 1.82) is 0 Å². The number of nitrogens with one attached hydrogen (secondary N) is 1. The Balaban J connectivity index is 2.10. The topological polar surface area (TPSA) is 102 Å². The molecule has 0 saturated carbocycles. The van der Waals surface area contributed by atoms with Gasteiger partial charge in [-0.1, -0.05) is 45.9 Å². The molecule has 7 heteroatoms. The van der Waals surface area contributed by atoms with E-state index >= 15 is 0 Å². The highest BCUT2D eigenvalue weighted by molar-refractivity contribution is 5.77. The molecule has 1 amide bonds. The summed E-state index contributed by atoms with van der Waals surface area (Å²) in [5.41, 5.74) is 0.690. The van der Waals surface area contributed by atoms with E-state index in [9.17, 15) is 19.5 Å². The number of allylic oxidation sites excluding steroid dienone is 3. The molecule has 0 saturated heterocycles. The lowest BCUT2D eigenvalue weighted by Crippen LogP contribution is -2.43. The number of hydrogen-bond donors (Lipinski definition) is 2. The summed E-state index contributed by atoms with van der Waals surface area (Å²) in [6.07, 6.45) is 8.94. The van der Waals surface area contributed by atoms with Crippen LogP contribution >= 0.6 is 0 Å². The number of aliphatic hydroxyl groups excluding tert-OH is 1. The predicted molar refractivity (Wildman–Crippen MR) is 144 cm³/mol. The molecule has 2 N–H and O–H groups in total. The molecule has 0 fully saturated rings. The van der Waals surface area contributed by atoms with Crippen molar-refractivity contribution in [2.75, 3.05) is 6.54 Å². The summed E-state index contributed by atoms with van der Waals surface area (Å²) >= 11 is 0. The highest BCUT2D eigenvalue weighted by Crippen LogP contribution is 2.45. The standard InChI is InChI=1S/C30H49NO6/c1-8-14-31-27(34)18-24(36-21(5)32)17-23(33)12-13-25-20(4)10-11-22-15-19(3)16-26(28(22)25)37-29(35)30(6,7)9-2/h10-11,15,19-20,23-26,28,33H,8-9,12-14,16-18H2,1-7H3,(H,31,34). The lowest BCUT2D eigenvalue weighted by Gasteiger charge is -2.44. The van der Waals surface area contributed by atoms with E-state index in [4.69, 9.17) is 9.47 Å². The van der Waals surface area contributed by atoms with Crippen LogP contribution in [0.25, 0.3) is 0 Å². The van der Waals surface area contributed by atoms with Gasteiger partial charge < -0.3 is 19.9 Å². The summed E-state index contributed by atoms with van der Waals surface area (Å²) in [5.74, 6) is 0.0909. The van der Waals surface area contributed by atoms with Gasteiger partial charge >= 0.3 is 11.9 Å². The van der Waals surface area contributed by atoms with Crippen molar-refractivity contribution in [3.63, 3.8) is 0 Å². The largest absolute Gasteiger partial charge is 0.462 e. The number of hydrogen-bond acceptors (Lipinski definition) is 6. The summed E-state index contributed by atoms with van der Waals surface area (Å²) < 4.78 is 11.5. The molecule has 0 aliphatic heterocycles. The van der Waals surface area contributed by atoms with Gasteiger partial charge in [-0.15, -0.1) is 0 Å². The van der Waals surface area contributed by atoms with Crippen molar-refractivity contribution in [3.05, 3.63) is 23.8 Å². The van der Waals surface area contributed by atoms with Crippen molar-refractivity contribution >= 4 is 17.8 Å². The second-order valence-electron chi connectivity index (χ2n) is 11.7. The first-order valence-electron chi connectivity index (χ1n) is 14.1.